The number of halogens is 1. The number of carbonyl (C=O) groups is 1. The van der Waals surface area contributed by atoms with Crippen molar-refractivity contribution in [1.82, 2.24) is 10.2 Å². The molecule has 0 aliphatic heterocycles. The van der Waals surface area contributed by atoms with Gasteiger partial charge in [0.25, 0.3) is 10.0 Å². The minimum Gasteiger partial charge on any atom is -0.476 e. The molecule has 1 aromatic heterocycles. The van der Waals surface area contributed by atoms with Gasteiger partial charge in [-0.2, -0.15) is 5.10 Å². The van der Waals surface area contributed by atoms with Crippen molar-refractivity contribution in [2.75, 3.05) is 11.4 Å². The lowest BCUT2D eigenvalue weighted by atomic mass is 10.3. The number of hydrogen-bond donors (Lipinski definition) is 2. The Balaban J connectivity index is 2.61. The molecule has 0 saturated heterocycles. The third-order valence-corrected chi connectivity index (χ3v) is 4.84. The molecule has 21 heavy (non-hydrogen) atoms. The molecule has 112 valence electrons. The molecule has 0 spiro atoms. The summed E-state index contributed by atoms with van der Waals surface area (Å²) in [7, 11) is -3.11. The monoisotopic (exact) mass is 313 g/mol. The standard InChI is InChI=1S/C12H12FN3O4S/c1-7-11(10(12(17)18)15-14-7)21(19,20)16(2)9-6-4-3-5-8(9)13/h3-6H,1-2H3,(H,14,15)(H,17,18). The Hall–Kier alpha value is -2.42. The largest absolute Gasteiger partial charge is 0.476 e. The second-order valence-corrected chi connectivity index (χ2v) is 6.16. The van der Waals surface area contributed by atoms with Gasteiger partial charge in [-0.05, 0) is 19.1 Å². The van der Waals surface area contributed by atoms with E-state index in [1.807, 2.05) is 0 Å². The number of para-hydroxylation sites is 1. The highest BCUT2D eigenvalue weighted by atomic mass is 32.2. The zero-order chi connectivity index (χ0) is 15.8. The van der Waals surface area contributed by atoms with Crippen LogP contribution in [0.5, 0.6) is 0 Å². The van der Waals surface area contributed by atoms with Crippen LogP contribution in [-0.4, -0.2) is 36.7 Å². The van der Waals surface area contributed by atoms with E-state index in [2.05, 4.69) is 10.2 Å². The molecule has 0 saturated carbocycles. The lowest BCUT2D eigenvalue weighted by Crippen LogP contribution is -2.29. The molecule has 7 nitrogen and oxygen atoms in total. The Labute approximate surface area is 120 Å². The van der Waals surface area contributed by atoms with Crippen LogP contribution in [0.1, 0.15) is 16.2 Å². The van der Waals surface area contributed by atoms with Gasteiger partial charge in [0.15, 0.2) is 5.69 Å². The molecule has 0 fully saturated rings. The van der Waals surface area contributed by atoms with Crippen LogP contribution in [-0.2, 0) is 10.0 Å². The third-order valence-electron chi connectivity index (χ3n) is 2.90. The van der Waals surface area contributed by atoms with Crippen LogP contribution in [0.25, 0.3) is 0 Å². The summed E-state index contributed by atoms with van der Waals surface area (Å²) in [5, 5.41) is 14.8. The van der Waals surface area contributed by atoms with Crippen LogP contribution < -0.4 is 4.31 Å². The average Bonchev–Trinajstić information content (AvgIpc) is 2.81. The van der Waals surface area contributed by atoms with Gasteiger partial charge in [-0.1, -0.05) is 12.1 Å². The maximum atomic E-state index is 13.7. The fourth-order valence-electron chi connectivity index (χ4n) is 1.85. The van der Waals surface area contributed by atoms with Crippen LogP contribution in [0.2, 0.25) is 0 Å². The first kappa shape index (κ1) is 15.0. The molecule has 2 N–H and O–H groups in total. The Morgan fingerprint density at radius 1 is 1.38 bits per heavy atom. The molecular weight excluding hydrogens is 301 g/mol. The zero-order valence-corrected chi connectivity index (χ0v) is 12.0. The number of nitrogens with one attached hydrogen (secondary N) is 1. The van der Waals surface area contributed by atoms with Crippen molar-refractivity contribution in [3.63, 3.8) is 0 Å². The van der Waals surface area contributed by atoms with Crippen LogP contribution in [0.4, 0.5) is 10.1 Å². The van der Waals surface area contributed by atoms with E-state index in [0.717, 1.165) is 13.1 Å². The number of H-pyrrole nitrogens is 1. The molecule has 0 unspecified atom stereocenters. The van der Waals surface area contributed by atoms with E-state index >= 15 is 0 Å². The van der Waals surface area contributed by atoms with Crippen LogP contribution in [0, 0.1) is 12.7 Å². The molecule has 1 heterocycles. The van der Waals surface area contributed by atoms with E-state index in [0.29, 0.717) is 4.31 Å². The normalized spacial score (nSPS) is 11.4. The summed E-state index contributed by atoms with van der Waals surface area (Å²) >= 11 is 0. The summed E-state index contributed by atoms with van der Waals surface area (Å²) < 4.78 is 39.5. The number of rotatable bonds is 4. The first-order chi connectivity index (χ1) is 9.76. The molecule has 9 heteroatoms. The summed E-state index contributed by atoms with van der Waals surface area (Å²) in [6, 6.07) is 5.29. The maximum absolute atomic E-state index is 13.7. The molecule has 0 radical (unpaired) electrons. The Kier molecular flexibility index (Phi) is 3.69. The Morgan fingerprint density at radius 3 is 2.57 bits per heavy atom. The highest BCUT2D eigenvalue weighted by Gasteiger charge is 2.32. The SMILES string of the molecule is Cc1[nH]nc(C(=O)O)c1S(=O)(=O)N(C)c1ccccc1F. The topological polar surface area (TPSA) is 103 Å². The summed E-state index contributed by atoms with van der Waals surface area (Å²) in [5.74, 6) is -2.22. The van der Waals surface area contributed by atoms with E-state index in [1.165, 1.54) is 25.1 Å². The van der Waals surface area contributed by atoms with Crippen molar-refractivity contribution in [2.45, 2.75) is 11.8 Å². The van der Waals surface area contributed by atoms with Gasteiger partial charge < -0.3 is 5.11 Å². The summed E-state index contributed by atoms with van der Waals surface area (Å²) in [6.45, 7) is 1.38. The molecule has 2 rings (SSSR count). The fraction of sp³-hybridized carbons (Fsp3) is 0.167. The van der Waals surface area contributed by atoms with Gasteiger partial charge in [0.1, 0.15) is 10.7 Å². The number of aromatic amines is 1. The maximum Gasteiger partial charge on any atom is 0.357 e. The van der Waals surface area contributed by atoms with Crippen molar-refractivity contribution in [2.24, 2.45) is 0 Å². The Morgan fingerprint density at radius 2 is 2.00 bits per heavy atom. The third kappa shape index (κ3) is 2.47. The van der Waals surface area contributed by atoms with E-state index in [1.54, 1.807) is 0 Å². The first-order valence-corrected chi connectivity index (χ1v) is 7.22. The molecule has 0 amide bonds. The highest BCUT2D eigenvalue weighted by Crippen LogP contribution is 2.27. The Bertz CT molecular complexity index is 801. The second kappa shape index (κ2) is 5.17. The number of aryl methyl sites for hydroxylation is 1. The smallest absolute Gasteiger partial charge is 0.357 e. The van der Waals surface area contributed by atoms with Gasteiger partial charge in [0, 0.05) is 7.05 Å². The van der Waals surface area contributed by atoms with Gasteiger partial charge in [-0.3, -0.25) is 9.40 Å². The predicted molar refractivity (Wildman–Crippen MR) is 72.3 cm³/mol. The predicted octanol–water partition coefficient (Wildman–Crippen LogP) is 1.38. The number of benzene rings is 1. The van der Waals surface area contributed by atoms with Gasteiger partial charge in [-0.25, -0.2) is 17.6 Å². The van der Waals surface area contributed by atoms with Gasteiger partial charge in [0.05, 0.1) is 11.4 Å². The summed E-state index contributed by atoms with van der Waals surface area (Å²) in [4.78, 5) is 10.6. The number of carboxylic acids is 1. The number of sulfonamides is 1. The highest BCUT2D eigenvalue weighted by molar-refractivity contribution is 7.93. The van der Waals surface area contributed by atoms with Crippen molar-refractivity contribution in [3.8, 4) is 0 Å². The molecule has 0 aliphatic rings. The van der Waals surface area contributed by atoms with Gasteiger partial charge >= 0.3 is 5.97 Å². The lowest BCUT2D eigenvalue weighted by molar-refractivity contribution is 0.0686. The quantitative estimate of drug-likeness (QED) is 0.887. The molecule has 0 atom stereocenters. The number of hydrogen-bond acceptors (Lipinski definition) is 4. The van der Waals surface area contributed by atoms with E-state index in [4.69, 9.17) is 5.11 Å². The molecule has 1 aromatic carbocycles. The minimum absolute atomic E-state index is 0.0654. The van der Waals surface area contributed by atoms with E-state index in [-0.39, 0.29) is 11.4 Å². The average molecular weight is 313 g/mol. The van der Waals surface area contributed by atoms with E-state index in [9.17, 15) is 17.6 Å². The molecule has 0 aliphatic carbocycles. The van der Waals surface area contributed by atoms with Crippen molar-refractivity contribution in [3.05, 3.63) is 41.5 Å². The zero-order valence-electron chi connectivity index (χ0n) is 11.2. The van der Waals surface area contributed by atoms with Crippen molar-refractivity contribution in [1.29, 1.82) is 0 Å². The van der Waals surface area contributed by atoms with Crippen LogP contribution in [0.15, 0.2) is 29.2 Å². The number of nitrogens with zero attached hydrogens (tertiary/aromatic N) is 2. The number of carboxylic acid groups (broad SMARTS) is 1. The van der Waals surface area contributed by atoms with Gasteiger partial charge in [0.2, 0.25) is 0 Å². The second-order valence-electron chi connectivity index (χ2n) is 4.26. The lowest BCUT2D eigenvalue weighted by Gasteiger charge is -2.19. The molecule has 0 bridgehead atoms. The van der Waals surface area contributed by atoms with Crippen LogP contribution in [0.3, 0.4) is 0 Å². The molecular formula is C12H12FN3O4S. The van der Waals surface area contributed by atoms with Crippen molar-refractivity contribution >= 4 is 21.7 Å². The van der Waals surface area contributed by atoms with Crippen LogP contribution >= 0.6 is 0 Å². The summed E-state index contributed by atoms with van der Waals surface area (Å²) in [6.07, 6.45) is 0. The number of aromatic nitrogens is 2. The molecule has 2 aromatic rings. The summed E-state index contributed by atoms with van der Waals surface area (Å²) in [5.41, 5.74) is -0.749. The first-order valence-electron chi connectivity index (χ1n) is 5.78. The minimum atomic E-state index is -4.26. The number of aromatic carboxylic acids is 1. The number of anilines is 1. The van der Waals surface area contributed by atoms with Crippen molar-refractivity contribution < 1.29 is 22.7 Å². The fourth-order valence-corrected chi connectivity index (χ4v) is 3.34. The van der Waals surface area contributed by atoms with E-state index < -0.39 is 32.4 Å². The van der Waals surface area contributed by atoms with Gasteiger partial charge in [-0.15, -0.1) is 0 Å².